The number of nitrogens with zero attached hydrogens (tertiary/aromatic N) is 2. The summed E-state index contributed by atoms with van der Waals surface area (Å²) >= 11 is 0. The van der Waals surface area contributed by atoms with Crippen molar-refractivity contribution in [3.8, 4) is 22.6 Å². The van der Waals surface area contributed by atoms with E-state index in [0.29, 0.717) is 17.0 Å². The molecule has 2 heterocycles. The van der Waals surface area contributed by atoms with E-state index in [1.165, 1.54) is 0 Å². The number of aromatic nitrogens is 2. The number of hydrogen-bond acceptors (Lipinski definition) is 10. The number of benzene rings is 2. The number of carbonyl (C=O) groups is 1. The van der Waals surface area contributed by atoms with Crippen LogP contribution in [0.1, 0.15) is 38.3 Å². The van der Waals surface area contributed by atoms with Gasteiger partial charge in [-0.1, -0.05) is 30.3 Å². The van der Waals surface area contributed by atoms with Crippen molar-refractivity contribution in [2.75, 3.05) is 6.61 Å². The van der Waals surface area contributed by atoms with Crippen LogP contribution in [0.15, 0.2) is 52.9 Å². The number of alkyl carbamates (subject to hydrolysis) is 1. The third-order valence-corrected chi connectivity index (χ3v) is 5.82. The van der Waals surface area contributed by atoms with Crippen LogP contribution in [0, 0.1) is 0 Å². The number of nitrogens with one attached hydrogen (secondary N) is 1. The van der Waals surface area contributed by atoms with Crippen LogP contribution in [0.4, 0.5) is 4.79 Å². The zero-order valence-corrected chi connectivity index (χ0v) is 20.7. The monoisotopic (exact) mass is 513 g/mol. The third-order valence-electron chi connectivity index (χ3n) is 5.82. The molecular formula is C26H31N3O8. The molecule has 3 aromatic rings. The Balaban J connectivity index is 1.45. The first-order chi connectivity index (χ1) is 17.6. The largest absolute Gasteiger partial charge is 0.444 e. The molecule has 0 aliphatic carbocycles. The molecule has 1 fully saturated rings. The van der Waals surface area contributed by atoms with Gasteiger partial charge in [-0.05, 0) is 55.7 Å². The van der Waals surface area contributed by atoms with Gasteiger partial charge in [-0.3, -0.25) is 0 Å². The summed E-state index contributed by atoms with van der Waals surface area (Å²) in [5.74, 6) is 0.528. The van der Waals surface area contributed by atoms with Gasteiger partial charge in [0.15, 0.2) is 0 Å². The van der Waals surface area contributed by atoms with Gasteiger partial charge in [0.1, 0.15) is 36.1 Å². The zero-order valence-electron chi connectivity index (χ0n) is 20.7. The third kappa shape index (κ3) is 6.32. The summed E-state index contributed by atoms with van der Waals surface area (Å²) in [6.45, 7) is 4.85. The molecule has 1 saturated heterocycles. The molecule has 1 amide bonds. The van der Waals surface area contributed by atoms with Gasteiger partial charge in [0.05, 0.1) is 13.2 Å². The fourth-order valence-electron chi connectivity index (χ4n) is 3.98. The van der Waals surface area contributed by atoms with Crippen LogP contribution in [-0.2, 0) is 16.0 Å². The van der Waals surface area contributed by atoms with Gasteiger partial charge in [0.25, 0.3) is 0 Å². The molecule has 0 radical (unpaired) electrons. The van der Waals surface area contributed by atoms with Crippen molar-refractivity contribution in [1.82, 2.24) is 15.5 Å². The van der Waals surface area contributed by atoms with Crippen LogP contribution >= 0.6 is 0 Å². The van der Waals surface area contributed by atoms with E-state index >= 15 is 0 Å². The van der Waals surface area contributed by atoms with Gasteiger partial charge in [0, 0.05) is 5.56 Å². The topological polar surface area (TPSA) is 167 Å². The van der Waals surface area contributed by atoms with E-state index in [0.717, 1.165) is 11.1 Å². The molecule has 0 saturated carbocycles. The quantitative estimate of drug-likeness (QED) is 0.329. The molecule has 0 spiro atoms. The number of rotatable bonds is 6. The summed E-state index contributed by atoms with van der Waals surface area (Å²) in [6.07, 6.45) is -6.69. The summed E-state index contributed by atoms with van der Waals surface area (Å²) in [4.78, 5) is 11.8. The van der Waals surface area contributed by atoms with E-state index in [9.17, 15) is 25.2 Å². The number of amides is 1. The predicted molar refractivity (Wildman–Crippen MR) is 131 cm³/mol. The number of aliphatic hydroxyl groups excluding tert-OH is 4. The van der Waals surface area contributed by atoms with E-state index in [-0.39, 0.29) is 12.4 Å². The Morgan fingerprint density at radius 2 is 1.68 bits per heavy atom. The molecule has 5 atom stereocenters. The number of carbonyl (C=O) groups excluding carboxylic acids is 1. The van der Waals surface area contributed by atoms with Crippen molar-refractivity contribution in [2.24, 2.45) is 0 Å². The molecular weight excluding hydrogens is 482 g/mol. The second kappa shape index (κ2) is 11.0. The molecule has 4 rings (SSSR count). The highest BCUT2D eigenvalue weighted by Crippen LogP contribution is 2.34. The maximum Gasteiger partial charge on any atom is 0.408 e. The average Bonchev–Trinajstić information content (AvgIpc) is 3.35. The predicted octanol–water partition coefficient (Wildman–Crippen LogP) is 1.94. The van der Waals surface area contributed by atoms with E-state index in [1.54, 1.807) is 32.9 Å². The molecule has 1 aromatic heterocycles. The normalized spacial score (nSPS) is 24.0. The highest BCUT2D eigenvalue weighted by molar-refractivity contribution is 5.68. The van der Waals surface area contributed by atoms with E-state index < -0.39 is 48.8 Å². The van der Waals surface area contributed by atoms with Gasteiger partial charge >= 0.3 is 6.09 Å². The maximum absolute atomic E-state index is 11.8. The Kier molecular flexibility index (Phi) is 7.90. The number of hydrogen-bond donors (Lipinski definition) is 5. The SMILES string of the molecule is CC(C)(C)OC(=O)NCc1nnc(-c2ccc(-c3cccc(C4OC(CO)C(O)C(O)C4O)c3)cc2)o1. The van der Waals surface area contributed by atoms with E-state index in [1.807, 2.05) is 36.4 Å². The van der Waals surface area contributed by atoms with Crippen molar-refractivity contribution in [2.45, 2.75) is 63.4 Å². The van der Waals surface area contributed by atoms with Crippen LogP contribution in [0.25, 0.3) is 22.6 Å². The molecule has 2 aromatic carbocycles. The Morgan fingerprint density at radius 1 is 0.973 bits per heavy atom. The number of aliphatic hydroxyl groups is 4. The van der Waals surface area contributed by atoms with Gasteiger partial charge < -0.3 is 39.6 Å². The highest BCUT2D eigenvalue weighted by Gasteiger charge is 2.43. The van der Waals surface area contributed by atoms with Crippen molar-refractivity contribution in [1.29, 1.82) is 0 Å². The van der Waals surface area contributed by atoms with Crippen LogP contribution < -0.4 is 5.32 Å². The summed E-state index contributed by atoms with van der Waals surface area (Å²) < 4.78 is 16.5. The van der Waals surface area contributed by atoms with Crippen LogP contribution in [0.5, 0.6) is 0 Å². The van der Waals surface area contributed by atoms with E-state index in [4.69, 9.17) is 13.9 Å². The van der Waals surface area contributed by atoms with Crippen molar-refractivity contribution >= 4 is 6.09 Å². The first-order valence-electron chi connectivity index (χ1n) is 11.9. The number of ether oxygens (including phenoxy) is 2. The highest BCUT2D eigenvalue weighted by atomic mass is 16.6. The average molecular weight is 514 g/mol. The molecule has 11 heteroatoms. The lowest BCUT2D eigenvalue weighted by Crippen LogP contribution is -2.55. The molecule has 1 aliphatic heterocycles. The van der Waals surface area contributed by atoms with Crippen LogP contribution in [0.3, 0.4) is 0 Å². The van der Waals surface area contributed by atoms with E-state index in [2.05, 4.69) is 15.5 Å². The lowest BCUT2D eigenvalue weighted by atomic mass is 9.90. The minimum Gasteiger partial charge on any atom is -0.444 e. The Bertz CT molecular complexity index is 1210. The first-order valence-corrected chi connectivity index (χ1v) is 11.9. The Labute approximate surface area is 213 Å². The van der Waals surface area contributed by atoms with Gasteiger partial charge in [-0.2, -0.15) is 0 Å². The molecule has 5 unspecified atom stereocenters. The first kappa shape index (κ1) is 26.7. The lowest BCUT2D eigenvalue weighted by molar-refractivity contribution is -0.231. The molecule has 0 bridgehead atoms. The summed E-state index contributed by atoms with van der Waals surface area (Å²) in [5.41, 5.74) is 2.36. The summed E-state index contributed by atoms with van der Waals surface area (Å²) in [5, 5.41) is 50.6. The molecule has 11 nitrogen and oxygen atoms in total. The van der Waals surface area contributed by atoms with Crippen molar-refractivity contribution in [3.63, 3.8) is 0 Å². The maximum atomic E-state index is 11.8. The van der Waals surface area contributed by atoms with Crippen LogP contribution in [0.2, 0.25) is 0 Å². The lowest BCUT2D eigenvalue weighted by Gasteiger charge is -2.40. The Hall–Kier alpha value is -3.35. The second-order valence-corrected chi connectivity index (χ2v) is 9.81. The summed E-state index contributed by atoms with van der Waals surface area (Å²) in [7, 11) is 0. The fraction of sp³-hybridized carbons (Fsp3) is 0.423. The van der Waals surface area contributed by atoms with Crippen molar-refractivity contribution < 1.29 is 39.1 Å². The minimum absolute atomic E-state index is 0.0325. The standard InChI is InChI=1S/C26H31N3O8/c1-26(2,3)37-25(34)27-12-19-28-29-24(36-19)15-9-7-14(8-10-15)16-5-4-6-17(11-16)23-22(33)21(32)20(31)18(13-30)35-23/h4-11,18,20-23,30-33H,12-13H2,1-3H3,(H,27,34). The Morgan fingerprint density at radius 3 is 2.35 bits per heavy atom. The minimum atomic E-state index is -1.45. The fourth-order valence-corrected chi connectivity index (χ4v) is 3.98. The molecule has 5 N–H and O–H groups in total. The molecule has 198 valence electrons. The smallest absolute Gasteiger partial charge is 0.408 e. The van der Waals surface area contributed by atoms with Gasteiger partial charge in [-0.25, -0.2) is 4.79 Å². The molecule has 37 heavy (non-hydrogen) atoms. The van der Waals surface area contributed by atoms with Gasteiger partial charge in [-0.15, -0.1) is 10.2 Å². The van der Waals surface area contributed by atoms with Gasteiger partial charge in [0.2, 0.25) is 11.8 Å². The van der Waals surface area contributed by atoms with Crippen LogP contribution in [-0.4, -0.2) is 73.3 Å². The van der Waals surface area contributed by atoms with Crippen molar-refractivity contribution in [3.05, 3.63) is 60.0 Å². The summed E-state index contributed by atoms with van der Waals surface area (Å²) in [6, 6.07) is 14.6. The zero-order chi connectivity index (χ0) is 26.7. The second-order valence-electron chi connectivity index (χ2n) is 9.81. The molecule has 1 aliphatic rings.